The Hall–Kier alpha value is -0.930. The minimum atomic E-state index is 0.00960. The summed E-state index contributed by atoms with van der Waals surface area (Å²) in [4.78, 5) is 15.8. The molecule has 0 aliphatic carbocycles. The fourth-order valence-corrected chi connectivity index (χ4v) is 1.87. The Kier molecular flexibility index (Phi) is 3.03. The molecule has 76 valence electrons. The summed E-state index contributed by atoms with van der Waals surface area (Å²) >= 11 is 8.95. The van der Waals surface area contributed by atoms with E-state index in [1.165, 1.54) is 0 Å². The number of para-hydroxylation sites is 1. The number of alkyl halides is 1. The van der Waals surface area contributed by atoms with E-state index in [2.05, 4.69) is 20.9 Å². The van der Waals surface area contributed by atoms with Crippen LogP contribution in [-0.2, 0) is 0 Å². The van der Waals surface area contributed by atoms with Gasteiger partial charge in [-0.3, -0.25) is 4.79 Å². The van der Waals surface area contributed by atoms with E-state index in [0.717, 1.165) is 5.39 Å². The van der Waals surface area contributed by atoms with Crippen LogP contribution >= 0.6 is 27.5 Å². The first kappa shape index (κ1) is 10.6. The smallest absolute Gasteiger partial charge is 0.175 e. The number of carbonyl (C=O) groups is 1. The first-order chi connectivity index (χ1) is 7.22. The van der Waals surface area contributed by atoms with Gasteiger partial charge in [0.1, 0.15) is 5.15 Å². The highest BCUT2D eigenvalue weighted by Gasteiger charge is 2.09. The number of Topliss-reactive ketones (excluding diaryl/α,β-unsaturated/α-hetero) is 1. The van der Waals surface area contributed by atoms with Crippen LogP contribution in [0.25, 0.3) is 10.9 Å². The Morgan fingerprint density at radius 1 is 1.33 bits per heavy atom. The summed E-state index contributed by atoms with van der Waals surface area (Å²) < 4.78 is 0. The SMILES string of the molecule is O=C(CBr)c1cccc2ccc(Cl)nc12. The monoisotopic (exact) mass is 283 g/mol. The Balaban J connectivity index is 2.74. The maximum Gasteiger partial charge on any atom is 0.175 e. The van der Waals surface area contributed by atoms with Crippen molar-refractivity contribution < 1.29 is 4.79 Å². The van der Waals surface area contributed by atoms with Crippen LogP contribution < -0.4 is 0 Å². The van der Waals surface area contributed by atoms with Crippen molar-refractivity contribution in [1.29, 1.82) is 0 Å². The van der Waals surface area contributed by atoms with Crippen LogP contribution in [0.2, 0.25) is 5.15 Å². The van der Waals surface area contributed by atoms with E-state index in [-0.39, 0.29) is 5.78 Å². The molecule has 4 heteroatoms. The number of nitrogens with zero attached hydrogens (tertiary/aromatic N) is 1. The molecule has 1 aromatic carbocycles. The zero-order valence-electron chi connectivity index (χ0n) is 7.71. The number of carbonyl (C=O) groups excluding carboxylic acids is 1. The minimum absolute atomic E-state index is 0.00960. The molecular weight excluding hydrogens is 277 g/mol. The summed E-state index contributed by atoms with van der Waals surface area (Å²) in [7, 11) is 0. The van der Waals surface area contributed by atoms with Crippen molar-refractivity contribution in [3.63, 3.8) is 0 Å². The van der Waals surface area contributed by atoms with E-state index in [9.17, 15) is 4.79 Å². The second-order valence-corrected chi connectivity index (χ2v) is 4.02. The molecule has 0 N–H and O–H groups in total. The van der Waals surface area contributed by atoms with Gasteiger partial charge in [-0.2, -0.15) is 0 Å². The quantitative estimate of drug-likeness (QED) is 0.480. The van der Waals surface area contributed by atoms with Crippen LogP contribution in [0, 0.1) is 0 Å². The molecule has 2 rings (SSSR count). The van der Waals surface area contributed by atoms with Crippen molar-refractivity contribution in [2.75, 3.05) is 5.33 Å². The van der Waals surface area contributed by atoms with Gasteiger partial charge >= 0.3 is 0 Å². The van der Waals surface area contributed by atoms with E-state index in [0.29, 0.717) is 21.6 Å². The third kappa shape index (κ3) is 2.03. The third-order valence-electron chi connectivity index (χ3n) is 2.11. The summed E-state index contributed by atoms with van der Waals surface area (Å²) in [5.74, 6) is 0.00960. The highest BCUT2D eigenvalue weighted by atomic mass is 79.9. The number of aromatic nitrogens is 1. The van der Waals surface area contributed by atoms with Gasteiger partial charge in [0.25, 0.3) is 0 Å². The van der Waals surface area contributed by atoms with Crippen molar-refractivity contribution in [3.8, 4) is 0 Å². The number of benzene rings is 1. The summed E-state index contributed by atoms with van der Waals surface area (Å²) in [6, 6.07) is 9.08. The molecule has 0 bridgehead atoms. The van der Waals surface area contributed by atoms with Crippen LogP contribution in [0.3, 0.4) is 0 Å². The van der Waals surface area contributed by atoms with Crippen molar-refractivity contribution in [2.24, 2.45) is 0 Å². The second kappa shape index (κ2) is 4.29. The van der Waals surface area contributed by atoms with Crippen LogP contribution in [0.1, 0.15) is 10.4 Å². The maximum absolute atomic E-state index is 11.6. The fourth-order valence-electron chi connectivity index (χ4n) is 1.42. The second-order valence-electron chi connectivity index (χ2n) is 3.07. The lowest BCUT2D eigenvalue weighted by molar-refractivity contribution is 0.102. The van der Waals surface area contributed by atoms with Gasteiger partial charge in [-0.25, -0.2) is 4.98 Å². The number of ketones is 1. The minimum Gasteiger partial charge on any atom is -0.293 e. The highest BCUT2D eigenvalue weighted by Crippen LogP contribution is 2.20. The van der Waals surface area contributed by atoms with Gasteiger partial charge in [0.2, 0.25) is 0 Å². The number of rotatable bonds is 2. The van der Waals surface area contributed by atoms with Gasteiger partial charge < -0.3 is 0 Å². The van der Waals surface area contributed by atoms with Crippen molar-refractivity contribution in [1.82, 2.24) is 4.98 Å². The Morgan fingerprint density at radius 3 is 2.87 bits per heavy atom. The molecule has 1 heterocycles. The van der Waals surface area contributed by atoms with Crippen LogP contribution in [0.4, 0.5) is 0 Å². The highest BCUT2D eigenvalue weighted by molar-refractivity contribution is 9.09. The molecule has 2 nitrogen and oxygen atoms in total. The normalized spacial score (nSPS) is 10.5. The number of fused-ring (bicyclic) bond motifs is 1. The topological polar surface area (TPSA) is 30.0 Å². The Bertz CT molecular complexity index is 527. The van der Waals surface area contributed by atoms with Gasteiger partial charge in [-0.1, -0.05) is 39.7 Å². The number of hydrogen-bond acceptors (Lipinski definition) is 2. The molecular formula is C11H7BrClNO. The lowest BCUT2D eigenvalue weighted by Gasteiger charge is -2.03. The summed E-state index contributed by atoms with van der Waals surface area (Å²) in [6.45, 7) is 0. The fraction of sp³-hybridized carbons (Fsp3) is 0.0909. The largest absolute Gasteiger partial charge is 0.293 e. The van der Waals surface area contributed by atoms with E-state index in [1.54, 1.807) is 12.1 Å². The molecule has 0 aliphatic rings. The van der Waals surface area contributed by atoms with Crippen LogP contribution in [0.5, 0.6) is 0 Å². The molecule has 15 heavy (non-hydrogen) atoms. The number of hydrogen-bond donors (Lipinski definition) is 0. The molecule has 0 amide bonds. The van der Waals surface area contributed by atoms with Gasteiger partial charge in [-0.05, 0) is 18.2 Å². The predicted molar refractivity (Wildman–Crippen MR) is 64.9 cm³/mol. The molecule has 0 saturated carbocycles. The van der Waals surface area contributed by atoms with Crippen molar-refractivity contribution in [3.05, 3.63) is 41.0 Å². The van der Waals surface area contributed by atoms with E-state index in [4.69, 9.17) is 11.6 Å². The first-order valence-corrected chi connectivity index (χ1v) is 5.87. The molecule has 0 fully saturated rings. The lowest BCUT2D eigenvalue weighted by atomic mass is 10.1. The van der Waals surface area contributed by atoms with E-state index >= 15 is 0 Å². The molecule has 1 aromatic heterocycles. The molecule has 0 atom stereocenters. The van der Waals surface area contributed by atoms with Gasteiger partial charge in [0, 0.05) is 10.9 Å². The van der Waals surface area contributed by atoms with Gasteiger partial charge in [-0.15, -0.1) is 0 Å². The average molecular weight is 285 g/mol. The molecule has 0 spiro atoms. The van der Waals surface area contributed by atoms with Crippen molar-refractivity contribution >= 4 is 44.2 Å². The molecule has 2 aromatic rings. The number of halogens is 2. The van der Waals surface area contributed by atoms with E-state index < -0.39 is 0 Å². The zero-order valence-corrected chi connectivity index (χ0v) is 10.0. The third-order valence-corrected chi connectivity index (χ3v) is 2.83. The standard InChI is InChI=1S/C11H7BrClNO/c12-6-9(15)8-3-1-2-7-4-5-10(13)14-11(7)8/h1-5H,6H2. The first-order valence-electron chi connectivity index (χ1n) is 4.37. The summed E-state index contributed by atoms with van der Waals surface area (Å²) in [5.41, 5.74) is 1.27. The van der Waals surface area contributed by atoms with Gasteiger partial charge in [0.15, 0.2) is 5.78 Å². The summed E-state index contributed by atoms with van der Waals surface area (Å²) in [5, 5.41) is 1.61. The predicted octanol–water partition coefficient (Wildman–Crippen LogP) is 3.47. The maximum atomic E-state index is 11.6. The molecule has 0 unspecified atom stereocenters. The van der Waals surface area contributed by atoms with Gasteiger partial charge in [0.05, 0.1) is 10.8 Å². The van der Waals surface area contributed by atoms with Crippen LogP contribution in [0.15, 0.2) is 30.3 Å². The average Bonchev–Trinajstić information content (AvgIpc) is 2.27. The van der Waals surface area contributed by atoms with Crippen molar-refractivity contribution in [2.45, 2.75) is 0 Å². The number of pyridine rings is 1. The molecule has 0 saturated heterocycles. The molecule has 0 radical (unpaired) electrons. The molecule has 0 aliphatic heterocycles. The van der Waals surface area contributed by atoms with E-state index in [1.807, 2.05) is 18.2 Å². The Morgan fingerprint density at radius 2 is 2.13 bits per heavy atom. The Labute approximate surface area is 100 Å². The lowest BCUT2D eigenvalue weighted by Crippen LogP contribution is -2.01. The summed E-state index contributed by atoms with van der Waals surface area (Å²) in [6.07, 6.45) is 0. The van der Waals surface area contributed by atoms with Crippen LogP contribution in [-0.4, -0.2) is 16.1 Å². The zero-order chi connectivity index (χ0) is 10.8.